The third kappa shape index (κ3) is 5.02. The summed E-state index contributed by atoms with van der Waals surface area (Å²) in [6, 6.07) is 8.80. The van der Waals surface area contributed by atoms with Gasteiger partial charge in [-0.05, 0) is 43.3 Å². The average molecular weight is 508 g/mol. The minimum Gasteiger partial charge on any atom is -0.321 e. The van der Waals surface area contributed by atoms with Crippen molar-refractivity contribution >= 4 is 27.3 Å². The molecule has 0 fully saturated rings. The quantitative estimate of drug-likeness (QED) is 0.505. The average Bonchev–Trinajstić information content (AvgIpc) is 2.68. The molecule has 0 spiro atoms. The van der Waals surface area contributed by atoms with E-state index in [0.29, 0.717) is 0 Å². The van der Waals surface area contributed by atoms with Crippen LogP contribution in [0.1, 0.15) is 5.56 Å². The number of nitrogens with one attached hydrogen (secondary N) is 2. The first-order valence-corrected chi connectivity index (χ1v) is 10.0. The molecule has 15 heteroatoms. The largest absolute Gasteiger partial charge is 0.460 e. The molecule has 1 amide bonds. The van der Waals surface area contributed by atoms with E-state index in [1.54, 1.807) is 6.92 Å². The standard InChI is InChI=1S/C18H13F9N2O3S/c1-10-2-8-13(9-3-10)33(31,32)29-12-6-4-11(5-7-12)28-14(30)15(19,20)16(21,22)17(23,24)18(25,26)27/h2-9,29H,1H3,(H,28,30). The van der Waals surface area contributed by atoms with Gasteiger partial charge in [0, 0.05) is 11.4 Å². The first-order valence-electron chi connectivity index (χ1n) is 8.54. The van der Waals surface area contributed by atoms with Crippen molar-refractivity contribution in [3.8, 4) is 0 Å². The van der Waals surface area contributed by atoms with Gasteiger partial charge in [-0.1, -0.05) is 17.7 Å². The van der Waals surface area contributed by atoms with E-state index in [1.165, 1.54) is 24.3 Å². The number of alkyl halides is 9. The van der Waals surface area contributed by atoms with Gasteiger partial charge >= 0.3 is 29.9 Å². The highest BCUT2D eigenvalue weighted by atomic mass is 32.2. The van der Waals surface area contributed by atoms with Gasteiger partial charge in [-0.15, -0.1) is 0 Å². The second-order valence-corrected chi connectivity index (χ2v) is 8.35. The van der Waals surface area contributed by atoms with Crippen molar-refractivity contribution in [2.24, 2.45) is 0 Å². The van der Waals surface area contributed by atoms with E-state index in [1.807, 2.05) is 0 Å². The predicted octanol–water partition coefficient (Wildman–Crippen LogP) is 5.20. The van der Waals surface area contributed by atoms with Gasteiger partial charge in [-0.25, -0.2) is 8.42 Å². The first kappa shape index (κ1) is 26.3. The number of amides is 1. The Kier molecular flexibility index (Phi) is 6.71. The maximum absolute atomic E-state index is 13.6. The molecule has 0 aromatic heterocycles. The van der Waals surface area contributed by atoms with Crippen LogP contribution in [0.4, 0.5) is 50.9 Å². The molecular weight excluding hydrogens is 495 g/mol. The number of carbonyl (C=O) groups is 1. The van der Waals surface area contributed by atoms with Crippen LogP contribution in [0.2, 0.25) is 0 Å². The highest BCUT2D eigenvalue weighted by molar-refractivity contribution is 7.92. The summed E-state index contributed by atoms with van der Waals surface area (Å²) in [5.41, 5.74) is -0.122. The third-order valence-electron chi connectivity index (χ3n) is 4.16. The summed E-state index contributed by atoms with van der Waals surface area (Å²) in [5, 5.41) is 1.09. The molecule has 0 saturated heterocycles. The van der Waals surface area contributed by atoms with Gasteiger partial charge in [0.15, 0.2) is 0 Å². The molecule has 5 nitrogen and oxygen atoms in total. The molecule has 0 aliphatic heterocycles. The zero-order valence-corrected chi connectivity index (χ0v) is 17.0. The highest BCUT2D eigenvalue weighted by Crippen LogP contribution is 2.53. The third-order valence-corrected chi connectivity index (χ3v) is 5.55. The normalized spacial score (nSPS) is 13.5. The molecular formula is C18H13F9N2O3S. The van der Waals surface area contributed by atoms with Crippen LogP contribution in [-0.4, -0.2) is 38.3 Å². The molecule has 2 rings (SSSR count). The summed E-state index contributed by atoms with van der Waals surface area (Å²) in [4.78, 5) is 11.3. The molecule has 0 bridgehead atoms. The second-order valence-electron chi connectivity index (χ2n) is 6.67. The number of aryl methyl sites for hydroxylation is 1. The fraction of sp³-hybridized carbons (Fsp3) is 0.278. The summed E-state index contributed by atoms with van der Waals surface area (Å²) in [6.07, 6.45) is -7.06. The van der Waals surface area contributed by atoms with Gasteiger partial charge in [0.05, 0.1) is 4.90 Å². The molecule has 2 aromatic carbocycles. The van der Waals surface area contributed by atoms with Crippen molar-refractivity contribution in [3.63, 3.8) is 0 Å². The Morgan fingerprint density at radius 3 is 1.64 bits per heavy atom. The minimum atomic E-state index is -7.21. The summed E-state index contributed by atoms with van der Waals surface area (Å²) in [7, 11) is -4.09. The topological polar surface area (TPSA) is 75.3 Å². The van der Waals surface area contributed by atoms with E-state index in [0.717, 1.165) is 35.1 Å². The van der Waals surface area contributed by atoms with Crippen LogP contribution in [-0.2, 0) is 14.8 Å². The summed E-state index contributed by atoms with van der Waals surface area (Å²) < 4.78 is 143. The lowest BCUT2D eigenvalue weighted by molar-refractivity contribution is -0.388. The summed E-state index contributed by atoms with van der Waals surface area (Å²) in [5.74, 6) is -23.9. The number of carbonyl (C=O) groups excluding carboxylic acids is 1. The zero-order chi connectivity index (χ0) is 25.5. The van der Waals surface area contributed by atoms with E-state index in [4.69, 9.17) is 0 Å². The van der Waals surface area contributed by atoms with E-state index in [9.17, 15) is 52.7 Å². The lowest BCUT2D eigenvalue weighted by Crippen LogP contribution is -2.64. The molecule has 0 unspecified atom stereocenters. The van der Waals surface area contributed by atoms with Gasteiger partial charge in [-0.3, -0.25) is 9.52 Å². The number of hydrogen-bond donors (Lipinski definition) is 2. The van der Waals surface area contributed by atoms with Gasteiger partial charge in [-0.2, -0.15) is 39.5 Å². The molecule has 33 heavy (non-hydrogen) atoms. The van der Waals surface area contributed by atoms with Crippen molar-refractivity contribution in [1.29, 1.82) is 0 Å². The molecule has 2 aromatic rings. The van der Waals surface area contributed by atoms with Crippen molar-refractivity contribution in [3.05, 3.63) is 54.1 Å². The Morgan fingerprint density at radius 2 is 1.18 bits per heavy atom. The Balaban J connectivity index is 2.19. The lowest BCUT2D eigenvalue weighted by Gasteiger charge is -2.32. The number of hydrogen-bond acceptors (Lipinski definition) is 3. The molecule has 0 atom stereocenters. The number of halogens is 9. The van der Waals surface area contributed by atoms with Crippen LogP contribution in [0.15, 0.2) is 53.4 Å². The Bertz CT molecular complexity index is 1110. The number of sulfonamides is 1. The van der Waals surface area contributed by atoms with Gasteiger partial charge in [0.1, 0.15) is 0 Å². The van der Waals surface area contributed by atoms with Crippen LogP contribution in [0.25, 0.3) is 0 Å². The van der Waals surface area contributed by atoms with Crippen LogP contribution in [0.5, 0.6) is 0 Å². The van der Waals surface area contributed by atoms with Gasteiger partial charge in [0.25, 0.3) is 10.0 Å². The lowest BCUT2D eigenvalue weighted by atomic mass is 10.0. The Morgan fingerprint density at radius 1 is 0.727 bits per heavy atom. The van der Waals surface area contributed by atoms with E-state index in [-0.39, 0.29) is 10.6 Å². The van der Waals surface area contributed by atoms with Crippen molar-refractivity contribution < 1.29 is 52.7 Å². The van der Waals surface area contributed by atoms with Crippen molar-refractivity contribution in [2.45, 2.75) is 35.8 Å². The van der Waals surface area contributed by atoms with Crippen LogP contribution in [0.3, 0.4) is 0 Å². The fourth-order valence-corrected chi connectivity index (χ4v) is 3.34. The maximum atomic E-state index is 13.6. The van der Waals surface area contributed by atoms with Crippen LogP contribution < -0.4 is 10.0 Å². The maximum Gasteiger partial charge on any atom is 0.460 e. The molecule has 0 saturated carbocycles. The van der Waals surface area contributed by atoms with E-state index in [2.05, 4.69) is 4.72 Å². The SMILES string of the molecule is Cc1ccc(S(=O)(=O)Nc2ccc(NC(=O)C(F)(F)C(F)(F)C(F)(F)C(F)(F)F)cc2)cc1. The van der Waals surface area contributed by atoms with E-state index >= 15 is 0 Å². The smallest absolute Gasteiger partial charge is 0.321 e. The Labute approximate surface area is 180 Å². The number of benzene rings is 2. The molecule has 2 N–H and O–H groups in total. The second kappa shape index (κ2) is 8.43. The molecule has 0 radical (unpaired) electrons. The van der Waals surface area contributed by atoms with E-state index < -0.39 is 45.6 Å². The first-order chi connectivity index (χ1) is 14.8. The Hall–Kier alpha value is -2.97. The van der Waals surface area contributed by atoms with Crippen LogP contribution in [0, 0.1) is 6.92 Å². The molecule has 0 heterocycles. The molecule has 0 aliphatic rings. The predicted molar refractivity (Wildman–Crippen MR) is 98.0 cm³/mol. The van der Waals surface area contributed by atoms with Crippen LogP contribution >= 0.6 is 0 Å². The summed E-state index contributed by atoms with van der Waals surface area (Å²) in [6.45, 7) is 1.71. The number of rotatable bonds is 7. The van der Waals surface area contributed by atoms with Crippen molar-refractivity contribution in [1.82, 2.24) is 0 Å². The highest BCUT2D eigenvalue weighted by Gasteiger charge is 2.83. The number of anilines is 2. The fourth-order valence-electron chi connectivity index (χ4n) is 2.28. The van der Waals surface area contributed by atoms with Gasteiger partial charge in [0.2, 0.25) is 0 Å². The monoisotopic (exact) mass is 508 g/mol. The molecule has 0 aliphatic carbocycles. The minimum absolute atomic E-state index is 0.141. The summed E-state index contributed by atoms with van der Waals surface area (Å²) >= 11 is 0. The molecule has 182 valence electrons. The zero-order valence-electron chi connectivity index (χ0n) is 16.2. The van der Waals surface area contributed by atoms with Crippen molar-refractivity contribution in [2.75, 3.05) is 10.0 Å². The van der Waals surface area contributed by atoms with Gasteiger partial charge < -0.3 is 5.32 Å².